The fourth-order valence-corrected chi connectivity index (χ4v) is 2.80. The van der Waals surface area contributed by atoms with Crippen molar-refractivity contribution in [2.45, 2.75) is 23.3 Å². The highest BCUT2D eigenvalue weighted by Crippen LogP contribution is 2.25. The monoisotopic (exact) mass is 223 g/mol. The molecular weight excluding hydrogens is 206 g/mol. The van der Waals surface area contributed by atoms with Gasteiger partial charge < -0.3 is 10.5 Å². The van der Waals surface area contributed by atoms with Crippen LogP contribution in [0, 0.1) is 0 Å². The second-order valence-electron chi connectivity index (χ2n) is 4.08. The number of benzene rings is 1. The van der Waals surface area contributed by atoms with E-state index in [1.165, 1.54) is 4.90 Å². The number of rotatable bonds is 4. The molecule has 15 heavy (non-hydrogen) atoms. The van der Waals surface area contributed by atoms with Crippen LogP contribution in [-0.4, -0.2) is 24.5 Å². The lowest BCUT2D eigenvalue weighted by atomic mass is 9.97. The van der Waals surface area contributed by atoms with Crippen molar-refractivity contribution in [2.75, 3.05) is 19.0 Å². The Hall–Kier alpha value is -0.510. The van der Waals surface area contributed by atoms with Gasteiger partial charge in [0.2, 0.25) is 0 Å². The van der Waals surface area contributed by atoms with Crippen LogP contribution in [0.1, 0.15) is 12.8 Å². The first kappa shape index (κ1) is 11.0. The molecule has 1 aromatic rings. The van der Waals surface area contributed by atoms with Gasteiger partial charge >= 0.3 is 0 Å². The van der Waals surface area contributed by atoms with E-state index in [-0.39, 0.29) is 5.54 Å². The molecule has 1 unspecified atom stereocenters. The van der Waals surface area contributed by atoms with Crippen LogP contribution in [0.25, 0.3) is 0 Å². The van der Waals surface area contributed by atoms with Gasteiger partial charge in [-0.05, 0) is 30.7 Å². The molecule has 0 bridgehead atoms. The summed E-state index contributed by atoms with van der Waals surface area (Å²) in [5.41, 5.74) is 6.12. The van der Waals surface area contributed by atoms with Gasteiger partial charge in [0.15, 0.2) is 0 Å². The van der Waals surface area contributed by atoms with E-state index in [1.807, 2.05) is 17.8 Å². The lowest BCUT2D eigenvalue weighted by molar-refractivity contribution is 0.177. The highest BCUT2D eigenvalue weighted by atomic mass is 32.2. The standard InChI is InChI=1S/C12H17NOS/c13-12(6-8-14-10-12)7-9-15-11-4-2-1-3-5-11/h1-5H,6-10,13H2. The van der Waals surface area contributed by atoms with Gasteiger partial charge in [-0.2, -0.15) is 0 Å². The van der Waals surface area contributed by atoms with E-state index < -0.39 is 0 Å². The number of ether oxygens (including phenoxy) is 1. The highest BCUT2D eigenvalue weighted by molar-refractivity contribution is 7.99. The van der Waals surface area contributed by atoms with Gasteiger partial charge in [0.25, 0.3) is 0 Å². The Morgan fingerprint density at radius 3 is 2.80 bits per heavy atom. The summed E-state index contributed by atoms with van der Waals surface area (Å²) in [7, 11) is 0. The molecular formula is C12H17NOS. The largest absolute Gasteiger partial charge is 0.379 e. The summed E-state index contributed by atoms with van der Waals surface area (Å²) in [5, 5.41) is 0. The lowest BCUT2D eigenvalue weighted by Crippen LogP contribution is -2.40. The maximum atomic E-state index is 6.18. The Morgan fingerprint density at radius 2 is 2.13 bits per heavy atom. The quantitative estimate of drug-likeness (QED) is 0.795. The van der Waals surface area contributed by atoms with Crippen molar-refractivity contribution in [1.82, 2.24) is 0 Å². The molecule has 1 aliphatic rings. The summed E-state index contributed by atoms with van der Waals surface area (Å²) in [4.78, 5) is 1.32. The summed E-state index contributed by atoms with van der Waals surface area (Å²) in [5.74, 6) is 1.07. The van der Waals surface area contributed by atoms with E-state index >= 15 is 0 Å². The maximum Gasteiger partial charge on any atom is 0.0647 e. The van der Waals surface area contributed by atoms with Gasteiger partial charge in [0, 0.05) is 17.0 Å². The van der Waals surface area contributed by atoms with Gasteiger partial charge in [0.05, 0.1) is 6.61 Å². The molecule has 0 aromatic heterocycles. The van der Waals surface area contributed by atoms with Crippen LogP contribution < -0.4 is 5.73 Å². The van der Waals surface area contributed by atoms with Crippen LogP contribution in [0.4, 0.5) is 0 Å². The molecule has 0 radical (unpaired) electrons. The SMILES string of the molecule is NC1(CCSc2ccccc2)CCOC1. The van der Waals surface area contributed by atoms with Crippen molar-refractivity contribution >= 4 is 11.8 Å². The van der Waals surface area contributed by atoms with E-state index in [1.54, 1.807) is 0 Å². The molecule has 82 valence electrons. The van der Waals surface area contributed by atoms with E-state index in [0.717, 1.165) is 31.8 Å². The average Bonchev–Trinajstić information content (AvgIpc) is 2.67. The first-order valence-corrected chi connectivity index (χ1v) is 6.32. The molecule has 2 rings (SSSR count). The van der Waals surface area contributed by atoms with Crippen LogP contribution >= 0.6 is 11.8 Å². The summed E-state index contributed by atoms with van der Waals surface area (Å²) in [6, 6.07) is 10.5. The van der Waals surface area contributed by atoms with Crippen LogP contribution in [-0.2, 0) is 4.74 Å². The molecule has 1 atom stereocenters. The Balaban J connectivity index is 1.75. The fraction of sp³-hybridized carbons (Fsp3) is 0.500. The number of nitrogens with two attached hydrogens (primary N) is 1. The number of thioether (sulfide) groups is 1. The number of hydrogen-bond donors (Lipinski definition) is 1. The van der Waals surface area contributed by atoms with E-state index in [4.69, 9.17) is 10.5 Å². The average molecular weight is 223 g/mol. The third-order valence-electron chi connectivity index (χ3n) is 2.75. The fourth-order valence-electron chi connectivity index (χ4n) is 1.71. The summed E-state index contributed by atoms with van der Waals surface area (Å²) < 4.78 is 5.33. The van der Waals surface area contributed by atoms with E-state index in [9.17, 15) is 0 Å². The second kappa shape index (κ2) is 5.01. The van der Waals surface area contributed by atoms with Gasteiger partial charge in [0.1, 0.15) is 0 Å². The van der Waals surface area contributed by atoms with Crippen LogP contribution in [0.5, 0.6) is 0 Å². The second-order valence-corrected chi connectivity index (χ2v) is 5.24. The minimum absolute atomic E-state index is 0.0677. The maximum absolute atomic E-state index is 6.18. The molecule has 0 spiro atoms. The molecule has 1 aromatic carbocycles. The zero-order chi connectivity index (χ0) is 10.6. The zero-order valence-electron chi connectivity index (χ0n) is 8.82. The molecule has 0 saturated carbocycles. The summed E-state index contributed by atoms with van der Waals surface area (Å²) in [6.45, 7) is 1.55. The van der Waals surface area contributed by atoms with Crippen molar-refractivity contribution in [1.29, 1.82) is 0 Å². The summed E-state index contributed by atoms with van der Waals surface area (Å²) >= 11 is 1.87. The highest BCUT2D eigenvalue weighted by Gasteiger charge is 2.29. The Kier molecular flexibility index (Phi) is 3.67. The molecule has 1 saturated heterocycles. The summed E-state index contributed by atoms with van der Waals surface area (Å²) in [6.07, 6.45) is 2.04. The van der Waals surface area contributed by atoms with Crippen molar-refractivity contribution in [3.8, 4) is 0 Å². The normalized spacial score (nSPS) is 25.7. The number of hydrogen-bond acceptors (Lipinski definition) is 3. The molecule has 0 aliphatic carbocycles. The Labute approximate surface area is 95.2 Å². The molecule has 1 heterocycles. The van der Waals surface area contributed by atoms with Crippen LogP contribution in [0.2, 0.25) is 0 Å². The third kappa shape index (κ3) is 3.23. The molecule has 2 N–H and O–H groups in total. The van der Waals surface area contributed by atoms with Crippen molar-refractivity contribution in [2.24, 2.45) is 5.73 Å². The van der Waals surface area contributed by atoms with Crippen molar-refractivity contribution in [3.05, 3.63) is 30.3 Å². The minimum Gasteiger partial charge on any atom is -0.379 e. The Morgan fingerprint density at radius 1 is 1.33 bits per heavy atom. The van der Waals surface area contributed by atoms with Crippen molar-refractivity contribution < 1.29 is 4.74 Å². The Bertz CT molecular complexity index is 296. The van der Waals surface area contributed by atoms with Gasteiger partial charge in [-0.25, -0.2) is 0 Å². The molecule has 3 heteroatoms. The zero-order valence-corrected chi connectivity index (χ0v) is 9.63. The first-order valence-electron chi connectivity index (χ1n) is 5.33. The van der Waals surface area contributed by atoms with E-state index in [2.05, 4.69) is 24.3 Å². The van der Waals surface area contributed by atoms with Crippen LogP contribution in [0.3, 0.4) is 0 Å². The van der Waals surface area contributed by atoms with Gasteiger partial charge in [-0.15, -0.1) is 11.8 Å². The predicted molar refractivity (Wildman–Crippen MR) is 64.1 cm³/mol. The molecule has 1 fully saturated rings. The first-order chi connectivity index (χ1) is 7.29. The lowest BCUT2D eigenvalue weighted by Gasteiger charge is -2.20. The van der Waals surface area contributed by atoms with Crippen molar-refractivity contribution in [3.63, 3.8) is 0 Å². The smallest absolute Gasteiger partial charge is 0.0647 e. The topological polar surface area (TPSA) is 35.2 Å². The minimum atomic E-state index is -0.0677. The van der Waals surface area contributed by atoms with Gasteiger partial charge in [-0.1, -0.05) is 18.2 Å². The van der Waals surface area contributed by atoms with Gasteiger partial charge in [-0.3, -0.25) is 0 Å². The molecule has 1 aliphatic heterocycles. The third-order valence-corrected chi connectivity index (χ3v) is 3.76. The predicted octanol–water partition coefficient (Wildman–Crippen LogP) is 2.29. The van der Waals surface area contributed by atoms with Crippen LogP contribution in [0.15, 0.2) is 35.2 Å². The molecule has 2 nitrogen and oxygen atoms in total. The van der Waals surface area contributed by atoms with E-state index in [0.29, 0.717) is 0 Å². The molecule has 0 amide bonds.